The Labute approximate surface area is 360 Å². The van der Waals surface area contributed by atoms with Crippen molar-refractivity contribution in [3.05, 3.63) is 166 Å². The lowest BCUT2D eigenvalue weighted by Crippen LogP contribution is -2.49. The minimum absolute atomic E-state index is 0.0744. The van der Waals surface area contributed by atoms with Gasteiger partial charge in [0.25, 0.3) is 0 Å². The first-order chi connectivity index (χ1) is 29.2. The fourth-order valence-corrected chi connectivity index (χ4v) is 9.53. The average Bonchev–Trinajstić information content (AvgIpc) is 3.56. The molecule has 1 fully saturated rings. The Balaban J connectivity index is 1.18. The van der Waals surface area contributed by atoms with E-state index in [1.165, 1.54) is 73.8 Å². The summed E-state index contributed by atoms with van der Waals surface area (Å²) in [5.74, 6) is -0.819. The smallest absolute Gasteiger partial charge is 0.410 e. The number of ether oxygens (including phenoxy) is 2. The molecule has 8 heteroatoms. The van der Waals surface area contributed by atoms with Crippen LogP contribution >= 0.6 is 11.6 Å². The monoisotopic (exact) mass is 824 g/mol. The van der Waals surface area contributed by atoms with E-state index in [1.807, 2.05) is 72.8 Å². The molecule has 5 aromatic rings. The summed E-state index contributed by atoms with van der Waals surface area (Å²) in [6.07, 6.45) is 11.4. The average molecular weight is 825 g/mol. The molecule has 0 radical (unpaired) electrons. The van der Waals surface area contributed by atoms with Crippen LogP contribution in [0.25, 0.3) is 11.1 Å². The van der Waals surface area contributed by atoms with Crippen molar-refractivity contribution in [1.82, 2.24) is 9.80 Å². The van der Waals surface area contributed by atoms with Gasteiger partial charge in [-0.05, 0) is 52.6 Å². The second-order valence-electron chi connectivity index (χ2n) is 16.6. The number of esters is 1. The van der Waals surface area contributed by atoms with Crippen molar-refractivity contribution >= 4 is 29.6 Å². The number of hydrogen-bond donors (Lipinski definition) is 0. The van der Waals surface area contributed by atoms with Gasteiger partial charge < -0.3 is 14.4 Å². The molecule has 2 aliphatic carbocycles. The number of likely N-dealkylation sites (N-methyl/N-ethyl adjacent to an activating group) is 2. The topological polar surface area (TPSA) is 76.2 Å². The van der Waals surface area contributed by atoms with Crippen molar-refractivity contribution in [2.45, 2.75) is 94.1 Å². The molecule has 0 bridgehead atoms. The summed E-state index contributed by atoms with van der Waals surface area (Å²) in [4.78, 5) is 45.0. The Morgan fingerprint density at radius 2 is 1.17 bits per heavy atom. The molecule has 5 aromatic carbocycles. The van der Waals surface area contributed by atoms with E-state index in [-0.39, 0.29) is 12.5 Å². The van der Waals surface area contributed by atoms with Gasteiger partial charge in [-0.2, -0.15) is 0 Å². The Kier molecular flexibility index (Phi) is 14.1. The normalized spacial score (nSPS) is 16.3. The van der Waals surface area contributed by atoms with Crippen molar-refractivity contribution in [2.24, 2.45) is 0 Å². The Morgan fingerprint density at radius 3 is 1.75 bits per heavy atom. The van der Waals surface area contributed by atoms with Crippen LogP contribution in [0.4, 0.5) is 4.79 Å². The fourth-order valence-electron chi connectivity index (χ4n) is 9.26. The number of fused-ring (bicyclic) bond motifs is 3. The Hall–Kier alpha value is -5.40. The van der Waals surface area contributed by atoms with Crippen molar-refractivity contribution in [1.29, 1.82) is 0 Å². The highest BCUT2D eigenvalue weighted by Crippen LogP contribution is 2.46. The Bertz CT molecular complexity index is 2180. The molecular weight excluding hydrogens is 768 g/mol. The van der Waals surface area contributed by atoms with Crippen LogP contribution < -0.4 is 0 Å². The molecule has 7 nitrogen and oxygen atoms in total. The molecule has 0 saturated heterocycles. The first kappa shape index (κ1) is 42.7. The van der Waals surface area contributed by atoms with Gasteiger partial charge in [-0.1, -0.05) is 184 Å². The predicted octanol–water partition coefficient (Wildman–Crippen LogP) is 11.9. The number of benzene rings is 5. The third-order valence-corrected chi connectivity index (χ3v) is 12.9. The highest BCUT2D eigenvalue weighted by Gasteiger charge is 2.44. The van der Waals surface area contributed by atoms with Crippen molar-refractivity contribution < 1.29 is 23.9 Å². The van der Waals surface area contributed by atoms with Crippen molar-refractivity contribution in [3.63, 3.8) is 0 Å². The second kappa shape index (κ2) is 19.8. The van der Waals surface area contributed by atoms with E-state index in [9.17, 15) is 14.4 Å². The molecule has 2 amide bonds. The first-order valence-corrected chi connectivity index (χ1v) is 22.0. The van der Waals surface area contributed by atoms with Crippen LogP contribution in [-0.4, -0.2) is 61.6 Å². The zero-order chi connectivity index (χ0) is 42.1. The number of nitrogens with zero attached hydrogens (tertiary/aromatic N) is 2. The highest BCUT2D eigenvalue weighted by molar-refractivity contribution is 6.31. The largest absolute Gasteiger partial charge is 0.448 e. The van der Waals surface area contributed by atoms with E-state index in [4.69, 9.17) is 21.1 Å². The Morgan fingerprint density at radius 1 is 0.650 bits per heavy atom. The summed E-state index contributed by atoms with van der Waals surface area (Å²) in [7, 11) is 4.70. The van der Waals surface area contributed by atoms with Crippen LogP contribution in [0.3, 0.4) is 0 Å². The molecular formula is C52H57ClN2O5. The second-order valence-corrected chi connectivity index (χ2v) is 17.0. The van der Waals surface area contributed by atoms with Crippen LogP contribution in [0, 0.1) is 0 Å². The molecule has 0 aliphatic heterocycles. The third kappa shape index (κ3) is 9.32. The number of hydrogen-bond acceptors (Lipinski definition) is 5. The van der Waals surface area contributed by atoms with E-state index in [1.54, 1.807) is 20.2 Å². The van der Waals surface area contributed by atoms with Gasteiger partial charge in [-0.25, -0.2) is 4.79 Å². The number of rotatable bonds is 11. The molecule has 0 N–H and O–H groups in total. The SMILES string of the molecule is CN(C)C(=O)[C@H](CC(=O)OC(c1ccccc1)(c1ccc(C2CCCCCCCCCC2)cc1)c1ccccc1Cl)N(C)C(=O)OCC1c2ccccc2-c2ccccc21. The number of amides is 2. The van der Waals surface area contributed by atoms with E-state index >= 15 is 0 Å². The van der Waals surface area contributed by atoms with Crippen LogP contribution in [0.1, 0.15) is 116 Å². The molecule has 312 valence electrons. The molecule has 2 aliphatic rings. The maximum absolute atomic E-state index is 14.7. The minimum atomic E-state index is -1.47. The lowest BCUT2D eigenvalue weighted by molar-refractivity contribution is -0.157. The van der Waals surface area contributed by atoms with Gasteiger partial charge >= 0.3 is 12.1 Å². The van der Waals surface area contributed by atoms with Gasteiger partial charge in [0.2, 0.25) is 5.91 Å². The summed E-state index contributed by atoms with van der Waals surface area (Å²) >= 11 is 7.04. The summed E-state index contributed by atoms with van der Waals surface area (Å²) in [6.45, 7) is 0.0744. The van der Waals surface area contributed by atoms with Crippen molar-refractivity contribution in [2.75, 3.05) is 27.7 Å². The predicted molar refractivity (Wildman–Crippen MR) is 239 cm³/mol. The summed E-state index contributed by atoms with van der Waals surface area (Å²) in [5.41, 5.74) is 6.22. The van der Waals surface area contributed by atoms with Crippen LogP contribution in [0.15, 0.2) is 127 Å². The van der Waals surface area contributed by atoms with Crippen molar-refractivity contribution in [3.8, 4) is 11.1 Å². The van der Waals surface area contributed by atoms with E-state index in [0.717, 1.165) is 40.7 Å². The van der Waals surface area contributed by atoms with Gasteiger partial charge in [-0.3, -0.25) is 14.5 Å². The summed E-state index contributed by atoms with van der Waals surface area (Å²) in [6, 6.07) is 40.5. The van der Waals surface area contributed by atoms with Gasteiger partial charge in [0, 0.05) is 48.8 Å². The maximum Gasteiger partial charge on any atom is 0.410 e. The van der Waals surface area contributed by atoms with Gasteiger partial charge in [0.1, 0.15) is 12.6 Å². The van der Waals surface area contributed by atoms with E-state index < -0.39 is 36.0 Å². The molecule has 0 spiro atoms. The molecule has 0 aromatic heterocycles. The zero-order valence-electron chi connectivity index (χ0n) is 35.2. The zero-order valence-corrected chi connectivity index (χ0v) is 35.9. The number of carbonyl (C=O) groups is 3. The minimum Gasteiger partial charge on any atom is -0.448 e. The van der Waals surface area contributed by atoms with Crippen LogP contribution in [0.5, 0.6) is 0 Å². The van der Waals surface area contributed by atoms with Crippen LogP contribution in [0.2, 0.25) is 5.02 Å². The standard InChI is InChI=1S/C52H57ClN2O5/c1-54(2)50(57)48(55(3)51(58)59-36-45-43-27-17-15-25-41(43)42-26-16-18-28-44(42)45)35-49(56)60-52(39-23-13-10-14-24-39,46-29-19-20-30-47(46)53)40-33-31-38(32-34-40)37-21-11-8-6-4-5-7-9-12-22-37/h10,13-20,23-34,37,45,48H,4-9,11-12,21-22,35-36H2,1-3H3/t48-,52?/m0/s1. The number of carbonyl (C=O) groups excluding carboxylic acids is 3. The summed E-state index contributed by atoms with van der Waals surface area (Å²) < 4.78 is 12.7. The maximum atomic E-state index is 14.7. The molecule has 2 atom stereocenters. The fraction of sp³-hybridized carbons (Fsp3) is 0.365. The molecule has 60 heavy (non-hydrogen) atoms. The van der Waals surface area contributed by atoms with Gasteiger partial charge in [-0.15, -0.1) is 0 Å². The van der Waals surface area contributed by atoms with E-state index in [0.29, 0.717) is 22.1 Å². The van der Waals surface area contributed by atoms with E-state index in [2.05, 4.69) is 48.5 Å². The number of halogens is 1. The first-order valence-electron chi connectivity index (χ1n) is 21.6. The molecule has 1 unspecified atom stereocenters. The lowest BCUT2D eigenvalue weighted by atomic mass is 9.78. The molecule has 7 rings (SSSR count). The highest BCUT2D eigenvalue weighted by atomic mass is 35.5. The quantitative estimate of drug-likeness (QED) is 0.0979. The summed E-state index contributed by atoms with van der Waals surface area (Å²) in [5, 5.41) is 0.429. The van der Waals surface area contributed by atoms with Crippen LogP contribution in [-0.2, 0) is 24.7 Å². The molecule has 1 saturated carbocycles. The lowest BCUT2D eigenvalue weighted by Gasteiger charge is -2.37. The van der Waals surface area contributed by atoms with Gasteiger partial charge in [0.05, 0.1) is 6.42 Å². The van der Waals surface area contributed by atoms with Gasteiger partial charge in [0.15, 0.2) is 5.60 Å². The third-order valence-electron chi connectivity index (χ3n) is 12.5. The molecule has 0 heterocycles.